The highest BCUT2D eigenvalue weighted by atomic mass is 32.1. The molecule has 4 heterocycles. The van der Waals surface area contributed by atoms with Crippen LogP contribution in [0.3, 0.4) is 0 Å². The van der Waals surface area contributed by atoms with E-state index in [0.29, 0.717) is 0 Å². The highest BCUT2D eigenvalue weighted by molar-refractivity contribution is 7.17. The van der Waals surface area contributed by atoms with Gasteiger partial charge in [0.25, 0.3) is 6.71 Å². The minimum Gasteiger partial charge on any atom is -0.468 e. The Labute approximate surface area is 373 Å². The minimum atomic E-state index is -0.114. The Bertz CT molecular complexity index is 3110. The molecule has 8 aromatic rings. The van der Waals surface area contributed by atoms with Crippen LogP contribution in [0.1, 0.15) is 107 Å². The van der Waals surface area contributed by atoms with Crippen molar-refractivity contribution in [2.24, 2.45) is 0 Å². The van der Waals surface area contributed by atoms with Gasteiger partial charge in [0.1, 0.15) is 5.58 Å². The highest BCUT2D eigenvalue weighted by Gasteiger charge is 2.48. The topological polar surface area (TPSA) is 19.6 Å². The summed E-state index contributed by atoms with van der Waals surface area (Å²) < 4.78 is 8.67. The van der Waals surface area contributed by atoms with Gasteiger partial charge in [0.15, 0.2) is 0 Å². The predicted octanol–water partition coefficient (Wildman–Crippen LogP) is 14.8. The van der Waals surface area contributed by atoms with Crippen molar-refractivity contribution in [3.63, 3.8) is 0 Å². The van der Waals surface area contributed by atoms with Gasteiger partial charge >= 0.3 is 0 Å². The molecule has 312 valence electrons. The largest absolute Gasteiger partial charge is 0.468 e. The minimum absolute atomic E-state index is 0.0232. The zero-order chi connectivity index (χ0) is 43.9. The Kier molecular flexibility index (Phi) is 8.99. The van der Waals surface area contributed by atoms with Gasteiger partial charge < -0.3 is 14.2 Å². The molecule has 10 rings (SSSR count). The summed E-state index contributed by atoms with van der Waals surface area (Å²) >= 11 is 1.83. The number of thiophene rings is 1. The number of nitrogens with zero attached hydrogens (tertiary/aromatic N) is 2. The molecule has 2 aliphatic rings. The van der Waals surface area contributed by atoms with Crippen LogP contribution in [-0.2, 0) is 16.2 Å². The van der Waals surface area contributed by atoms with Crippen molar-refractivity contribution in [2.45, 2.75) is 113 Å². The maximum Gasteiger partial charge on any atom is 0.297 e. The van der Waals surface area contributed by atoms with Gasteiger partial charge in [0.05, 0.1) is 22.7 Å². The summed E-state index contributed by atoms with van der Waals surface area (Å²) in [6.45, 7) is 32.2. The number of rotatable bonds is 3. The van der Waals surface area contributed by atoms with E-state index in [1.165, 1.54) is 110 Å². The molecular weight excluding hydrogens is 772 g/mol. The first kappa shape index (κ1) is 40.6. The van der Waals surface area contributed by atoms with E-state index in [9.17, 15) is 0 Å². The van der Waals surface area contributed by atoms with Crippen molar-refractivity contribution in [2.75, 3.05) is 9.80 Å². The summed E-state index contributed by atoms with van der Waals surface area (Å²) in [7, 11) is 0. The van der Waals surface area contributed by atoms with Crippen LogP contribution in [0.5, 0.6) is 0 Å². The molecule has 0 fully saturated rings. The summed E-state index contributed by atoms with van der Waals surface area (Å²) in [4.78, 5) is 5.19. The number of hydrogen-bond acceptors (Lipinski definition) is 4. The molecule has 0 saturated heterocycles. The van der Waals surface area contributed by atoms with Gasteiger partial charge in [0.2, 0.25) is 0 Å². The maximum atomic E-state index is 7.35. The second kappa shape index (κ2) is 13.7. The van der Waals surface area contributed by atoms with Crippen molar-refractivity contribution in [3.8, 4) is 11.1 Å². The van der Waals surface area contributed by atoms with Gasteiger partial charge in [0, 0.05) is 38.1 Å². The van der Waals surface area contributed by atoms with Crippen LogP contribution in [-0.4, -0.2) is 6.71 Å². The van der Waals surface area contributed by atoms with Crippen molar-refractivity contribution in [3.05, 3.63) is 147 Å². The molecule has 0 bridgehead atoms. The van der Waals surface area contributed by atoms with Crippen LogP contribution >= 0.6 is 11.3 Å². The van der Waals surface area contributed by atoms with Crippen LogP contribution in [0.4, 0.5) is 34.1 Å². The molecule has 2 aliphatic heterocycles. The lowest BCUT2D eigenvalue weighted by atomic mass is 9.35. The lowest BCUT2D eigenvalue weighted by Gasteiger charge is -2.44. The average molecular weight is 831 g/mol. The lowest BCUT2D eigenvalue weighted by molar-refractivity contribution is 0.589. The summed E-state index contributed by atoms with van der Waals surface area (Å²) in [5, 5.41) is 4.81. The van der Waals surface area contributed by atoms with Gasteiger partial charge in [-0.25, -0.2) is 0 Å². The molecule has 0 N–H and O–H groups in total. The third kappa shape index (κ3) is 6.21. The van der Waals surface area contributed by atoms with Crippen LogP contribution in [0.15, 0.2) is 107 Å². The number of benzene rings is 6. The van der Waals surface area contributed by atoms with Gasteiger partial charge in [-0.2, -0.15) is 0 Å². The van der Waals surface area contributed by atoms with E-state index >= 15 is 0 Å². The van der Waals surface area contributed by atoms with Crippen molar-refractivity contribution in [1.82, 2.24) is 0 Å². The smallest absolute Gasteiger partial charge is 0.297 e. The summed E-state index contributed by atoms with van der Waals surface area (Å²) in [6.07, 6.45) is 0. The molecule has 0 atom stereocenters. The molecule has 0 aliphatic carbocycles. The number of hydrogen-bond donors (Lipinski definition) is 0. The fourth-order valence-corrected chi connectivity index (χ4v) is 11.4. The van der Waals surface area contributed by atoms with E-state index in [0.717, 1.165) is 16.9 Å². The van der Waals surface area contributed by atoms with Gasteiger partial charge in [-0.15, -0.1) is 11.3 Å². The van der Waals surface area contributed by atoms with Crippen LogP contribution < -0.4 is 26.4 Å². The van der Waals surface area contributed by atoms with Crippen LogP contribution in [0, 0.1) is 34.6 Å². The third-order valence-corrected chi connectivity index (χ3v) is 14.6. The fraction of sp³-hybridized carbons (Fsp3) is 0.298. The van der Waals surface area contributed by atoms with Crippen molar-refractivity contribution in [1.29, 1.82) is 0 Å². The molecule has 0 amide bonds. The van der Waals surface area contributed by atoms with E-state index in [4.69, 9.17) is 4.42 Å². The molecular formula is C57H59BN2OS. The number of aryl methyl sites for hydroxylation is 5. The Morgan fingerprint density at radius 3 is 1.73 bits per heavy atom. The summed E-state index contributed by atoms with van der Waals surface area (Å²) in [5.74, 6) is 0. The van der Waals surface area contributed by atoms with E-state index in [1.54, 1.807) is 0 Å². The molecule has 0 unspecified atom stereocenters. The van der Waals surface area contributed by atoms with Gasteiger partial charge in [-0.3, -0.25) is 0 Å². The Hall–Kier alpha value is -5.52. The van der Waals surface area contributed by atoms with Crippen LogP contribution in [0.2, 0.25) is 0 Å². The molecule has 2 aromatic heterocycles. The maximum absolute atomic E-state index is 7.35. The molecule has 62 heavy (non-hydrogen) atoms. The Balaban J connectivity index is 1.30. The second-order valence-corrected chi connectivity index (χ2v) is 22.3. The Morgan fingerprint density at radius 1 is 0.516 bits per heavy atom. The van der Waals surface area contributed by atoms with E-state index in [1.807, 2.05) is 11.3 Å². The number of furan rings is 1. The number of anilines is 6. The average Bonchev–Trinajstić information content (AvgIpc) is 3.79. The zero-order valence-corrected chi connectivity index (χ0v) is 39.9. The molecule has 0 saturated carbocycles. The first-order chi connectivity index (χ1) is 29.2. The standard InChI is InChI=1S/C57H59BN2OS/c1-32-23-46-50-47(24-32)60(52-35(4)27-40(28-36(52)5)57(12,13)14)53-42-29-38(55(6,7)8)20-22-48(42)61-54(53)58(50)44-30-39(56(9,10)11)19-21-45(44)59(46)51-33(2)25-37(26-34(51)3)43-31-62-49-18-16-15-17-41(43)49/h15-31H,1-14H3. The summed E-state index contributed by atoms with van der Waals surface area (Å²) in [5.41, 5.74) is 24.6. The fourth-order valence-electron chi connectivity index (χ4n) is 10.4. The molecule has 5 heteroatoms. The van der Waals surface area contributed by atoms with Gasteiger partial charge in [-0.05, 0) is 166 Å². The highest BCUT2D eigenvalue weighted by Crippen LogP contribution is 2.51. The predicted molar refractivity (Wildman–Crippen MR) is 271 cm³/mol. The zero-order valence-electron chi connectivity index (χ0n) is 39.1. The monoisotopic (exact) mass is 830 g/mol. The Morgan fingerprint density at radius 2 is 1.08 bits per heavy atom. The molecule has 0 spiro atoms. The molecule has 3 nitrogen and oxygen atoms in total. The first-order valence-corrected chi connectivity index (χ1v) is 23.2. The van der Waals surface area contributed by atoms with Gasteiger partial charge in [-0.1, -0.05) is 111 Å². The lowest BCUT2D eigenvalue weighted by Crippen LogP contribution is -2.61. The first-order valence-electron chi connectivity index (χ1n) is 22.4. The molecule has 6 aromatic carbocycles. The SMILES string of the molecule is Cc1cc2c3c(c1)N(c1c(C)cc(C(C)(C)C)cc1C)c1c(oc4ccc(C(C)(C)C)cc14)B3c1cc(C(C)(C)C)ccc1N2c1c(C)cc(-c2csc3ccccc23)cc1C. The third-order valence-electron chi connectivity index (χ3n) is 13.6. The molecule has 0 radical (unpaired) electrons. The van der Waals surface area contributed by atoms with E-state index in [2.05, 4.69) is 209 Å². The van der Waals surface area contributed by atoms with E-state index < -0.39 is 0 Å². The second-order valence-electron chi connectivity index (χ2n) is 21.4. The van der Waals surface area contributed by atoms with E-state index in [-0.39, 0.29) is 23.0 Å². The van der Waals surface area contributed by atoms with Crippen molar-refractivity contribution < 1.29 is 4.42 Å². The summed E-state index contributed by atoms with van der Waals surface area (Å²) in [6, 6.07) is 37.5. The normalized spacial score (nSPS) is 13.9. The quantitative estimate of drug-likeness (QED) is 0.165. The van der Waals surface area contributed by atoms with Crippen molar-refractivity contribution >= 4 is 89.8 Å². The number of fused-ring (bicyclic) bond motifs is 7. The van der Waals surface area contributed by atoms with Crippen LogP contribution in [0.25, 0.3) is 32.2 Å².